The maximum Gasteiger partial charge on any atom is 0.252 e. The SMILES string of the molecule is CN(C)CCCOc1nc(NN)c(F)cc1F. The Morgan fingerprint density at radius 3 is 2.71 bits per heavy atom. The summed E-state index contributed by atoms with van der Waals surface area (Å²) in [5.41, 5.74) is 2.03. The maximum atomic E-state index is 13.2. The highest BCUT2D eigenvalue weighted by atomic mass is 19.1. The van der Waals surface area contributed by atoms with Crippen molar-refractivity contribution in [3.8, 4) is 5.88 Å². The zero-order chi connectivity index (χ0) is 12.8. The lowest BCUT2D eigenvalue weighted by Gasteiger charge is -2.11. The summed E-state index contributed by atoms with van der Waals surface area (Å²) in [6, 6.07) is 0.684. The van der Waals surface area contributed by atoms with Crippen molar-refractivity contribution in [1.29, 1.82) is 0 Å². The van der Waals surface area contributed by atoms with Crippen LogP contribution in [-0.2, 0) is 0 Å². The van der Waals surface area contributed by atoms with Gasteiger partial charge in [-0.1, -0.05) is 0 Å². The molecule has 0 amide bonds. The third-order valence-corrected chi connectivity index (χ3v) is 2.02. The van der Waals surface area contributed by atoms with Crippen LogP contribution in [0.25, 0.3) is 0 Å². The number of hydrogen-bond donors (Lipinski definition) is 2. The van der Waals surface area contributed by atoms with Crippen molar-refractivity contribution < 1.29 is 13.5 Å². The Kier molecular flexibility index (Phi) is 5.05. The van der Waals surface area contributed by atoms with Crippen molar-refractivity contribution in [3.05, 3.63) is 17.7 Å². The Hall–Kier alpha value is -1.47. The van der Waals surface area contributed by atoms with Crippen molar-refractivity contribution in [3.63, 3.8) is 0 Å². The van der Waals surface area contributed by atoms with Gasteiger partial charge in [0.1, 0.15) is 0 Å². The molecule has 1 aromatic rings. The van der Waals surface area contributed by atoms with Gasteiger partial charge in [0.05, 0.1) is 6.61 Å². The third kappa shape index (κ3) is 4.12. The van der Waals surface area contributed by atoms with Crippen molar-refractivity contribution in [2.75, 3.05) is 32.7 Å². The van der Waals surface area contributed by atoms with E-state index < -0.39 is 11.6 Å². The zero-order valence-electron chi connectivity index (χ0n) is 9.83. The summed E-state index contributed by atoms with van der Waals surface area (Å²) in [6.45, 7) is 1.11. The number of rotatable bonds is 6. The first-order valence-corrected chi connectivity index (χ1v) is 5.14. The van der Waals surface area contributed by atoms with Crippen LogP contribution in [0.5, 0.6) is 5.88 Å². The lowest BCUT2D eigenvalue weighted by molar-refractivity contribution is 0.261. The number of halogens is 2. The fourth-order valence-corrected chi connectivity index (χ4v) is 1.20. The standard InChI is InChI=1S/C10H16F2N4O/c1-16(2)4-3-5-17-10-8(12)6-7(11)9(14-10)15-13/h6H,3-5,13H2,1-2H3,(H,14,15). The third-order valence-electron chi connectivity index (χ3n) is 2.02. The van der Waals surface area contributed by atoms with Crippen molar-refractivity contribution in [1.82, 2.24) is 9.88 Å². The summed E-state index contributed by atoms with van der Waals surface area (Å²) in [7, 11) is 3.85. The summed E-state index contributed by atoms with van der Waals surface area (Å²) in [4.78, 5) is 5.56. The van der Waals surface area contributed by atoms with Gasteiger partial charge in [-0.05, 0) is 20.5 Å². The summed E-state index contributed by atoms with van der Waals surface area (Å²) in [6.07, 6.45) is 0.719. The Morgan fingerprint density at radius 2 is 2.12 bits per heavy atom. The van der Waals surface area contributed by atoms with Gasteiger partial charge < -0.3 is 15.1 Å². The van der Waals surface area contributed by atoms with Crippen molar-refractivity contribution >= 4 is 5.82 Å². The first-order chi connectivity index (χ1) is 8.04. The number of nitrogens with one attached hydrogen (secondary N) is 1. The maximum absolute atomic E-state index is 13.2. The molecule has 0 spiro atoms. The molecule has 0 atom stereocenters. The van der Waals surface area contributed by atoms with Gasteiger partial charge in [-0.15, -0.1) is 0 Å². The van der Waals surface area contributed by atoms with E-state index in [1.165, 1.54) is 0 Å². The number of pyridine rings is 1. The lowest BCUT2D eigenvalue weighted by atomic mass is 10.4. The van der Waals surface area contributed by atoms with E-state index in [9.17, 15) is 8.78 Å². The molecule has 1 rings (SSSR count). The number of anilines is 1. The molecule has 0 aliphatic carbocycles. The molecule has 0 aromatic carbocycles. The predicted molar refractivity (Wildman–Crippen MR) is 60.6 cm³/mol. The van der Waals surface area contributed by atoms with E-state index >= 15 is 0 Å². The van der Waals surface area contributed by atoms with Crippen LogP contribution >= 0.6 is 0 Å². The largest absolute Gasteiger partial charge is 0.475 e. The van der Waals surface area contributed by atoms with Crippen LogP contribution in [0.15, 0.2) is 6.07 Å². The topological polar surface area (TPSA) is 63.4 Å². The molecular formula is C10H16F2N4O. The Labute approximate surface area is 98.5 Å². The molecule has 0 fully saturated rings. The first-order valence-electron chi connectivity index (χ1n) is 5.14. The Balaban J connectivity index is 2.58. The predicted octanol–water partition coefficient (Wildman–Crippen LogP) is 0.976. The van der Waals surface area contributed by atoms with Crippen LogP contribution in [0.4, 0.5) is 14.6 Å². The van der Waals surface area contributed by atoms with Gasteiger partial charge >= 0.3 is 0 Å². The van der Waals surface area contributed by atoms with E-state index in [0.29, 0.717) is 12.7 Å². The molecule has 1 aromatic heterocycles. The minimum Gasteiger partial charge on any atom is -0.475 e. The van der Waals surface area contributed by atoms with Crippen LogP contribution in [0.2, 0.25) is 0 Å². The summed E-state index contributed by atoms with van der Waals surface area (Å²) < 4.78 is 31.4. The second kappa shape index (κ2) is 6.31. The minimum absolute atomic E-state index is 0.242. The van der Waals surface area contributed by atoms with E-state index in [1.807, 2.05) is 24.4 Å². The minimum atomic E-state index is -0.856. The number of nitrogens with two attached hydrogens (primary N) is 1. The fraction of sp³-hybridized carbons (Fsp3) is 0.500. The number of hydrazine groups is 1. The molecule has 17 heavy (non-hydrogen) atoms. The van der Waals surface area contributed by atoms with Crippen LogP contribution < -0.4 is 16.0 Å². The van der Waals surface area contributed by atoms with Crippen LogP contribution in [0, 0.1) is 11.6 Å². The zero-order valence-corrected chi connectivity index (χ0v) is 9.83. The molecule has 5 nitrogen and oxygen atoms in total. The second-order valence-electron chi connectivity index (χ2n) is 3.76. The van der Waals surface area contributed by atoms with E-state index in [4.69, 9.17) is 10.6 Å². The van der Waals surface area contributed by atoms with E-state index in [0.717, 1.165) is 13.0 Å². The quantitative estimate of drug-likeness (QED) is 0.445. The van der Waals surface area contributed by atoms with Gasteiger partial charge in [0.15, 0.2) is 17.5 Å². The molecule has 7 heteroatoms. The molecule has 1 heterocycles. The highest BCUT2D eigenvalue weighted by molar-refractivity contribution is 5.38. The van der Waals surface area contributed by atoms with Crippen LogP contribution in [-0.4, -0.2) is 37.1 Å². The molecule has 0 bridgehead atoms. The summed E-state index contributed by atoms with van der Waals surface area (Å²) in [5, 5.41) is 0. The summed E-state index contributed by atoms with van der Waals surface area (Å²) >= 11 is 0. The molecule has 0 radical (unpaired) electrons. The smallest absolute Gasteiger partial charge is 0.252 e. The molecule has 96 valence electrons. The number of nitrogen functional groups attached to an aromatic ring is 1. The first kappa shape index (κ1) is 13.6. The number of aromatic nitrogens is 1. The number of nitrogens with zero attached hydrogens (tertiary/aromatic N) is 2. The van der Waals surface area contributed by atoms with E-state index in [2.05, 4.69) is 4.98 Å². The molecule has 0 aliphatic rings. The van der Waals surface area contributed by atoms with Gasteiger partial charge in [-0.3, -0.25) is 0 Å². The van der Waals surface area contributed by atoms with Crippen molar-refractivity contribution in [2.24, 2.45) is 5.84 Å². The highest BCUT2D eigenvalue weighted by Gasteiger charge is 2.12. The molecular weight excluding hydrogens is 230 g/mol. The van der Waals surface area contributed by atoms with Gasteiger partial charge in [-0.25, -0.2) is 14.6 Å². The van der Waals surface area contributed by atoms with Crippen LogP contribution in [0.3, 0.4) is 0 Å². The van der Waals surface area contributed by atoms with Gasteiger partial charge in [-0.2, -0.15) is 4.98 Å². The normalized spacial score (nSPS) is 10.7. The average molecular weight is 246 g/mol. The molecule has 3 N–H and O–H groups in total. The van der Waals surface area contributed by atoms with Crippen LogP contribution in [0.1, 0.15) is 6.42 Å². The van der Waals surface area contributed by atoms with Gasteiger partial charge in [0.25, 0.3) is 5.88 Å². The molecule has 0 unspecified atom stereocenters. The molecule has 0 saturated heterocycles. The highest BCUT2D eigenvalue weighted by Crippen LogP contribution is 2.20. The fourth-order valence-electron chi connectivity index (χ4n) is 1.20. The molecule has 0 saturated carbocycles. The van der Waals surface area contributed by atoms with Crippen molar-refractivity contribution in [2.45, 2.75) is 6.42 Å². The average Bonchev–Trinajstić information content (AvgIpc) is 2.26. The monoisotopic (exact) mass is 246 g/mol. The van der Waals surface area contributed by atoms with E-state index in [1.54, 1.807) is 0 Å². The van der Waals surface area contributed by atoms with Gasteiger partial charge in [0.2, 0.25) is 0 Å². The summed E-state index contributed by atoms with van der Waals surface area (Å²) in [5.74, 6) is 2.84. The lowest BCUT2D eigenvalue weighted by Crippen LogP contribution is -2.16. The van der Waals surface area contributed by atoms with E-state index in [-0.39, 0.29) is 11.7 Å². The number of ether oxygens (including phenoxy) is 1. The second-order valence-corrected chi connectivity index (χ2v) is 3.76. The Morgan fingerprint density at radius 1 is 1.41 bits per heavy atom. The van der Waals surface area contributed by atoms with Gasteiger partial charge in [0, 0.05) is 12.6 Å². The molecule has 0 aliphatic heterocycles. The number of hydrogen-bond acceptors (Lipinski definition) is 5. The Bertz CT molecular complexity index is 374.